The largest absolute Gasteiger partial charge is 0.339 e. The third-order valence-electron chi connectivity index (χ3n) is 4.22. The van der Waals surface area contributed by atoms with Crippen molar-refractivity contribution < 1.29 is 4.79 Å². The number of hydrogen-bond acceptors (Lipinski definition) is 2. The normalized spacial score (nSPS) is 35.4. The van der Waals surface area contributed by atoms with Crippen LogP contribution in [0.25, 0.3) is 0 Å². The predicted molar refractivity (Wildman–Crippen MR) is 65.2 cm³/mol. The highest BCUT2D eigenvalue weighted by molar-refractivity contribution is 5.80. The van der Waals surface area contributed by atoms with Crippen LogP contribution in [0.4, 0.5) is 0 Å². The van der Waals surface area contributed by atoms with Crippen LogP contribution in [0.2, 0.25) is 0 Å². The summed E-state index contributed by atoms with van der Waals surface area (Å²) < 4.78 is 0. The van der Waals surface area contributed by atoms with Crippen molar-refractivity contribution in [3.63, 3.8) is 0 Å². The van der Waals surface area contributed by atoms with E-state index >= 15 is 0 Å². The lowest BCUT2D eigenvalue weighted by atomic mass is 9.93. The molecular weight excluding hydrogens is 200 g/mol. The molecule has 3 nitrogen and oxygen atoms in total. The summed E-state index contributed by atoms with van der Waals surface area (Å²) in [5.74, 6) is 1.14. The minimum Gasteiger partial charge on any atom is -0.339 e. The van der Waals surface area contributed by atoms with Gasteiger partial charge in [-0.05, 0) is 38.1 Å². The van der Waals surface area contributed by atoms with E-state index in [1.54, 1.807) is 0 Å². The summed E-state index contributed by atoms with van der Waals surface area (Å²) >= 11 is 0. The molecule has 2 saturated heterocycles. The zero-order valence-electron chi connectivity index (χ0n) is 10.5. The van der Waals surface area contributed by atoms with Gasteiger partial charge in [-0.3, -0.25) is 4.79 Å². The number of carbonyl (C=O) groups is 1. The maximum absolute atomic E-state index is 12.5. The molecule has 1 N–H and O–H groups in total. The first-order valence-electron chi connectivity index (χ1n) is 6.75. The predicted octanol–water partition coefficient (Wildman–Crippen LogP) is 1.63. The van der Waals surface area contributed by atoms with E-state index in [4.69, 9.17) is 0 Å². The fourth-order valence-electron chi connectivity index (χ4n) is 3.07. The van der Waals surface area contributed by atoms with Crippen LogP contribution in [0.15, 0.2) is 0 Å². The van der Waals surface area contributed by atoms with Crippen LogP contribution in [0, 0.1) is 11.8 Å². The molecule has 92 valence electrons. The van der Waals surface area contributed by atoms with E-state index in [1.165, 1.54) is 19.3 Å². The number of hydrogen-bond donors (Lipinski definition) is 1. The molecule has 0 saturated carbocycles. The van der Waals surface area contributed by atoms with Crippen molar-refractivity contribution in [3.05, 3.63) is 0 Å². The summed E-state index contributed by atoms with van der Waals surface area (Å²) in [4.78, 5) is 14.6. The van der Waals surface area contributed by atoms with Gasteiger partial charge in [0.15, 0.2) is 0 Å². The lowest BCUT2D eigenvalue weighted by Crippen LogP contribution is -2.47. The van der Waals surface area contributed by atoms with Gasteiger partial charge in [-0.15, -0.1) is 0 Å². The van der Waals surface area contributed by atoms with Crippen molar-refractivity contribution in [2.24, 2.45) is 11.8 Å². The zero-order chi connectivity index (χ0) is 11.5. The van der Waals surface area contributed by atoms with Crippen LogP contribution in [0.3, 0.4) is 0 Å². The highest BCUT2D eigenvalue weighted by Gasteiger charge is 2.35. The molecule has 0 aromatic rings. The molecular formula is C13H24N2O. The molecule has 3 heteroatoms. The van der Waals surface area contributed by atoms with Gasteiger partial charge in [-0.1, -0.05) is 13.8 Å². The van der Waals surface area contributed by atoms with Crippen molar-refractivity contribution in [1.29, 1.82) is 0 Å². The molecule has 16 heavy (non-hydrogen) atoms. The molecule has 3 unspecified atom stereocenters. The summed E-state index contributed by atoms with van der Waals surface area (Å²) in [6.45, 7) is 7.26. The van der Waals surface area contributed by atoms with Crippen LogP contribution in [-0.2, 0) is 4.79 Å². The lowest BCUT2D eigenvalue weighted by molar-refractivity contribution is -0.139. The molecule has 1 amide bonds. The standard InChI is InChI=1S/C13H24N2O/c1-3-11-6-4-5-7-15(11)13(16)12-9-14-8-10(12)2/h10-12,14H,3-9H2,1-2H3. The van der Waals surface area contributed by atoms with E-state index in [0.29, 0.717) is 17.9 Å². The van der Waals surface area contributed by atoms with Crippen LogP contribution >= 0.6 is 0 Å². The van der Waals surface area contributed by atoms with Crippen molar-refractivity contribution in [2.45, 2.75) is 45.6 Å². The highest BCUT2D eigenvalue weighted by Crippen LogP contribution is 2.25. The molecule has 2 rings (SSSR count). The van der Waals surface area contributed by atoms with Gasteiger partial charge >= 0.3 is 0 Å². The third kappa shape index (κ3) is 2.24. The van der Waals surface area contributed by atoms with Gasteiger partial charge in [0.1, 0.15) is 0 Å². The number of amides is 1. The molecule has 2 aliphatic heterocycles. The monoisotopic (exact) mass is 224 g/mol. The molecule has 0 bridgehead atoms. The van der Waals surface area contributed by atoms with Crippen LogP contribution in [0.1, 0.15) is 39.5 Å². The lowest BCUT2D eigenvalue weighted by Gasteiger charge is -2.37. The Bertz CT molecular complexity index is 254. The van der Waals surface area contributed by atoms with Gasteiger partial charge in [0.2, 0.25) is 5.91 Å². The minimum atomic E-state index is 0.229. The zero-order valence-corrected chi connectivity index (χ0v) is 10.5. The molecule has 2 heterocycles. The Morgan fingerprint density at radius 2 is 2.19 bits per heavy atom. The Morgan fingerprint density at radius 3 is 2.81 bits per heavy atom. The van der Waals surface area contributed by atoms with Crippen molar-refractivity contribution in [1.82, 2.24) is 10.2 Å². The summed E-state index contributed by atoms with van der Waals surface area (Å²) in [5.41, 5.74) is 0. The fourth-order valence-corrected chi connectivity index (χ4v) is 3.07. The second-order valence-corrected chi connectivity index (χ2v) is 5.33. The van der Waals surface area contributed by atoms with Gasteiger partial charge in [0, 0.05) is 19.1 Å². The minimum absolute atomic E-state index is 0.229. The molecule has 2 fully saturated rings. The van der Waals surface area contributed by atoms with E-state index in [1.807, 2.05) is 0 Å². The van der Waals surface area contributed by atoms with Gasteiger partial charge in [0.25, 0.3) is 0 Å². The average Bonchev–Trinajstić information content (AvgIpc) is 2.74. The van der Waals surface area contributed by atoms with E-state index in [2.05, 4.69) is 24.1 Å². The van der Waals surface area contributed by atoms with E-state index in [-0.39, 0.29) is 5.92 Å². The number of rotatable bonds is 2. The molecule has 0 aromatic carbocycles. The van der Waals surface area contributed by atoms with Crippen molar-refractivity contribution in [3.8, 4) is 0 Å². The number of likely N-dealkylation sites (tertiary alicyclic amines) is 1. The smallest absolute Gasteiger partial charge is 0.227 e. The second kappa shape index (κ2) is 5.17. The Hall–Kier alpha value is -0.570. The second-order valence-electron chi connectivity index (χ2n) is 5.33. The Morgan fingerprint density at radius 1 is 1.38 bits per heavy atom. The molecule has 3 atom stereocenters. The SMILES string of the molecule is CCC1CCCCN1C(=O)C1CNCC1C. The van der Waals surface area contributed by atoms with Gasteiger partial charge in [0.05, 0.1) is 5.92 Å². The number of carbonyl (C=O) groups excluding carboxylic acids is 1. The Balaban J connectivity index is 2.01. The van der Waals surface area contributed by atoms with Gasteiger partial charge < -0.3 is 10.2 Å². The maximum atomic E-state index is 12.5. The van der Waals surface area contributed by atoms with E-state index < -0.39 is 0 Å². The Labute approximate surface area is 98.6 Å². The quantitative estimate of drug-likeness (QED) is 0.773. The van der Waals surface area contributed by atoms with E-state index in [0.717, 1.165) is 26.1 Å². The fraction of sp³-hybridized carbons (Fsp3) is 0.923. The first kappa shape index (κ1) is 11.9. The van der Waals surface area contributed by atoms with Crippen LogP contribution in [0.5, 0.6) is 0 Å². The van der Waals surface area contributed by atoms with Gasteiger partial charge in [-0.25, -0.2) is 0 Å². The third-order valence-corrected chi connectivity index (χ3v) is 4.22. The molecule has 2 aliphatic rings. The van der Waals surface area contributed by atoms with Crippen LogP contribution in [-0.4, -0.2) is 36.5 Å². The first-order valence-corrected chi connectivity index (χ1v) is 6.75. The van der Waals surface area contributed by atoms with Crippen molar-refractivity contribution in [2.75, 3.05) is 19.6 Å². The summed E-state index contributed by atoms with van der Waals surface area (Å²) in [6.07, 6.45) is 4.80. The molecule has 0 spiro atoms. The first-order chi connectivity index (χ1) is 7.74. The molecule has 0 aliphatic carbocycles. The highest BCUT2D eigenvalue weighted by atomic mass is 16.2. The number of nitrogens with zero attached hydrogens (tertiary/aromatic N) is 1. The van der Waals surface area contributed by atoms with Crippen LogP contribution < -0.4 is 5.32 Å². The summed E-state index contributed by atoms with van der Waals surface area (Å²) in [5, 5.41) is 3.33. The number of nitrogens with one attached hydrogen (secondary N) is 1. The average molecular weight is 224 g/mol. The Kier molecular flexibility index (Phi) is 3.85. The number of piperidine rings is 1. The summed E-state index contributed by atoms with van der Waals surface area (Å²) in [6, 6.07) is 0.508. The summed E-state index contributed by atoms with van der Waals surface area (Å²) in [7, 11) is 0. The molecule has 0 radical (unpaired) electrons. The van der Waals surface area contributed by atoms with Crippen molar-refractivity contribution >= 4 is 5.91 Å². The molecule has 0 aromatic heterocycles. The van der Waals surface area contributed by atoms with E-state index in [9.17, 15) is 4.79 Å². The maximum Gasteiger partial charge on any atom is 0.227 e. The topological polar surface area (TPSA) is 32.3 Å². The van der Waals surface area contributed by atoms with Gasteiger partial charge in [-0.2, -0.15) is 0 Å².